The minimum absolute atomic E-state index is 0.200. The second-order valence-electron chi connectivity index (χ2n) is 7.98. The third-order valence-corrected chi connectivity index (χ3v) is 3.77. The van der Waals surface area contributed by atoms with Crippen LogP contribution in [0.3, 0.4) is 0 Å². The van der Waals surface area contributed by atoms with Gasteiger partial charge in [0.2, 0.25) is 5.91 Å². The van der Waals surface area contributed by atoms with Crippen molar-refractivity contribution in [1.29, 1.82) is 0 Å². The van der Waals surface area contributed by atoms with Gasteiger partial charge in [0.15, 0.2) is 6.10 Å². The third kappa shape index (κ3) is 10.4. The molecule has 29 heavy (non-hydrogen) atoms. The Bertz CT molecular complexity index is 681. The summed E-state index contributed by atoms with van der Waals surface area (Å²) in [6, 6.07) is 7.64. The molecule has 0 heterocycles. The molecule has 0 radical (unpaired) electrons. The zero-order valence-electron chi connectivity index (χ0n) is 18.1. The number of alkyl carbamates (subject to hydrolysis) is 1. The summed E-state index contributed by atoms with van der Waals surface area (Å²) in [6.07, 6.45) is -1.32. The van der Waals surface area contributed by atoms with Crippen molar-refractivity contribution in [3.05, 3.63) is 29.8 Å². The van der Waals surface area contributed by atoms with Crippen LogP contribution in [0.25, 0.3) is 0 Å². The van der Waals surface area contributed by atoms with Crippen LogP contribution in [0.2, 0.25) is 0 Å². The molecule has 0 saturated heterocycles. The lowest BCUT2D eigenvalue weighted by atomic mass is 10.0. The third-order valence-electron chi connectivity index (χ3n) is 3.77. The number of amides is 3. The summed E-state index contributed by atoms with van der Waals surface area (Å²) in [7, 11) is 0. The van der Waals surface area contributed by atoms with Crippen molar-refractivity contribution < 1.29 is 23.9 Å². The molecule has 3 amide bonds. The van der Waals surface area contributed by atoms with Gasteiger partial charge in [0.1, 0.15) is 11.4 Å². The van der Waals surface area contributed by atoms with Gasteiger partial charge in [0.05, 0.1) is 6.54 Å². The molecule has 0 fully saturated rings. The monoisotopic (exact) mass is 407 g/mol. The molecule has 3 N–H and O–H groups in total. The van der Waals surface area contributed by atoms with Crippen molar-refractivity contribution in [2.45, 2.75) is 59.2 Å². The summed E-state index contributed by atoms with van der Waals surface area (Å²) in [4.78, 5) is 35.3. The predicted octanol–water partition coefficient (Wildman–Crippen LogP) is 2.33. The second kappa shape index (κ2) is 11.3. The summed E-state index contributed by atoms with van der Waals surface area (Å²) >= 11 is 0. The van der Waals surface area contributed by atoms with Gasteiger partial charge in [0.25, 0.3) is 5.91 Å². The van der Waals surface area contributed by atoms with E-state index in [0.29, 0.717) is 11.7 Å². The Morgan fingerprint density at radius 1 is 0.931 bits per heavy atom. The predicted molar refractivity (Wildman–Crippen MR) is 111 cm³/mol. The van der Waals surface area contributed by atoms with Crippen LogP contribution in [0.15, 0.2) is 24.3 Å². The topological polar surface area (TPSA) is 106 Å². The van der Waals surface area contributed by atoms with Crippen LogP contribution in [0.4, 0.5) is 4.79 Å². The molecular formula is C21H33N3O5. The minimum Gasteiger partial charge on any atom is -0.481 e. The van der Waals surface area contributed by atoms with E-state index in [1.165, 1.54) is 5.56 Å². The lowest BCUT2D eigenvalue weighted by Crippen LogP contribution is -2.43. The van der Waals surface area contributed by atoms with E-state index in [1.807, 2.05) is 24.3 Å². The number of hydrogen-bond acceptors (Lipinski definition) is 5. The summed E-state index contributed by atoms with van der Waals surface area (Å²) in [5, 5.41) is 7.65. The van der Waals surface area contributed by atoms with Crippen molar-refractivity contribution in [3.63, 3.8) is 0 Å². The first-order chi connectivity index (χ1) is 13.5. The maximum Gasteiger partial charge on any atom is 0.408 e. The van der Waals surface area contributed by atoms with Gasteiger partial charge >= 0.3 is 6.09 Å². The smallest absolute Gasteiger partial charge is 0.408 e. The van der Waals surface area contributed by atoms with Gasteiger partial charge < -0.3 is 25.4 Å². The fourth-order valence-corrected chi connectivity index (χ4v) is 2.25. The molecule has 162 valence electrons. The Labute approximate surface area is 172 Å². The molecule has 0 aliphatic heterocycles. The first kappa shape index (κ1) is 24.3. The van der Waals surface area contributed by atoms with Crippen LogP contribution in [0.5, 0.6) is 5.75 Å². The summed E-state index contributed by atoms with van der Waals surface area (Å²) in [5.74, 6) is 0.400. The number of carbonyl (C=O) groups is 3. The molecule has 0 spiro atoms. The number of ether oxygens (including phenoxy) is 2. The first-order valence-corrected chi connectivity index (χ1v) is 9.76. The van der Waals surface area contributed by atoms with Gasteiger partial charge in [-0.05, 0) is 51.3 Å². The van der Waals surface area contributed by atoms with Gasteiger partial charge in [-0.15, -0.1) is 0 Å². The molecule has 0 aliphatic rings. The van der Waals surface area contributed by atoms with Crippen molar-refractivity contribution in [1.82, 2.24) is 16.0 Å². The van der Waals surface area contributed by atoms with Gasteiger partial charge in [-0.3, -0.25) is 9.59 Å². The van der Waals surface area contributed by atoms with Gasteiger partial charge in [0, 0.05) is 13.1 Å². The fraction of sp³-hybridized carbons (Fsp3) is 0.571. The van der Waals surface area contributed by atoms with Crippen LogP contribution in [0, 0.1) is 0 Å². The lowest BCUT2D eigenvalue weighted by Gasteiger charge is -2.19. The van der Waals surface area contributed by atoms with Crippen LogP contribution < -0.4 is 20.7 Å². The Morgan fingerprint density at radius 3 is 2.07 bits per heavy atom. The highest BCUT2D eigenvalue weighted by atomic mass is 16.6. The Kier molecular flexibility index (Phi) is 9.44. The number of carbonyl (C=O) groups excluding carboxylic acids is 3. The van der Waals surface area contributed by atoms with Gasteiger partial charge in [-0.2, -0.15) is 0 Å². The summed E-state index contributed by atoms with van der Waals surface area (Å²) in [6.45, 7) is 11.4. The van der Waals surface area contributed by atoms with E-state index in [-0.39, 0.29) is 31.4 Å². The van der Waals surface area contributed by atoms with Crippen molar-refractivity contribution in [2.24, 2.45) is 0 Å². The Balaban J connectivity index is 2.23. The molecule has 0 bridgehead atoms. The summed E-state index contributed by atoms with van der Waals surface area (Å²) < 4.78 is 10.7. The largest absolute Gasteiger partial charge is 0.481 e. The summed E-state index contributed by atoms with van der Waals surface area (Å²) in [5.41, 5.74) is 0.575. The van der Waals surface area contributed by atoms with E-state index in [2.05, 4.69) is 29.8 Å². The molecule has 0 aliphatic carbocycles. The van der Waals surface area contributed by atoms with Crippen LogP contribution in [-0.2, 0) is 14.3 Å². The zero-order chi connectivity index (χ0) is 22.0. The normalized spacial score (nSPS) is 12.1. The highest BCUT2D eigenvalue weighted by Gasteiger charge is 2.17. The quantitative estimate of drug-likeness (QED) is 0.545. The number of rotatable bonds is 9. The Hall–Kier alpha value is -2.77. The maximum atomic E-state index is 12.1. The molecule has 1 aromatic carbocycles. The molecule has 0 aromatic heterocycles. The lowest BCUT2D eigenvalue weighted by molar-refractivity contribution is -0.127. The highest BCUT2D eigenvalue weighted by molar-refractivity contribution is 5.82. The van der Waals surface area contributed by atoms with E-state index in [9.17, 15) is 14.4 Å². The average Bonchev–Trinajstić information content (AvgIpc) is 2.62. The van der Waals surface area contributed by atoms with E-state index < -0.39 is 17.8 Å². The van der Waals surface area contributed by atoms with Crippen molar-refractivity contribution in [3.8, 4) is 5.75 Å². The van der Waals surface area contributed by atoms with Gasteiger partial charge in [-0.1, -0.05) is 26.0 Å². The molecule has 8 heteroatoms. The second-order valence-corrected chi connectivity index (χ2v) is 7.98. The average molecular weight is 408 g/mol. The number of benzene rings is 1. The molecule has 1 unspecified atom stereocenters. The zero-order valence-corrected chi connectivity index (χ0v) is 18.1. The van der Waals surface area contributed by atoms with E-state index in [1.54, 1.807) is 27.7 Å². The maximum absolute atomic E-state index is 12.1. The van der Waals surface area contributed by atoms with E-state index in [4.69, 9.17) is 9.47 Å². The highest BCUT2D eigenvalue weighted by Crippen LogP contribution is 2.19. The van der Waals surface area contributed by atoms with E-state index in [0.717, 1.165) is 0 Å². The van der Waals surface area contributed by atoms with Crippen LogP contribution in [-0.4, -0.2) is 49.2 Å². The van der Waals surface area contributed by atoms with Gasteiger partial charge in [-0.25, -0.2) is 4.79 Å². The van der Waals surface area contributed by atoms with Crippen LogP contribution >= 0.6 is 0 Å². The van der Waals surface area contributed by atoms with Crippen molar-refractivity contribution in [2.75, 3.05) is 19.6 Å². The number of nitrogens with one attached hydrogen (secondary N) is 3. The molecule has 1 rings (SSSR count). The first-order valence-electron chi connectivity index (χ1n) is 9.76. The van der Waals surface area contributed by atoms with E-state index >= 15 is 0 Å². The van der Waals surface area contributed by atoms with Crippen LogP contribution in [0.1, 0.15) is 53.0 Å². The fourth-order valence-electron chi connectivity index (χ4n) is 2.25. The van der Waals surface area contributed by atoms with Crippen molar-refractivity contribution >= 4 is 17.9 Å². The SMILES string of the molecule is CC(Oc1ccc(C(C)C)cc1)C(=O)NCCNC(=O)CNC(=O)OC(C)(C)C. The Morgan fingerprint density at radius 2 is 1.52 bits per heavy atom. The molecular weight excluding hydrogens is 374 g/mol. The molecule has 1 aromatic rings. The number of hydrogen-bond donors (Lipinski definition) is 3. The standard InChI is InChI=1S/C21H33N3O5/c1-14(2)16-7-9-17(10-8-16)28-15(3)19(26)23-12-11-22-18(25)13-24-20(27)29-21(4,5)6/h7-10,14-15H,11-13H2,1-6H3,(H,22,25)(H,23,26)(H,24,27). The minimum atomic E-state index is -0.663. The molecule has 0 saturated carbocycles. The molecule has 8 nitrogen and oxygen atoms in total. The molecule has 1 atom stereocenters.